The van der Waals surface area contributed by atoms with Crippen LogP contribution in [-0.4, -0.2) is 67.6 Å². The van der Waals surface area contributed by atoms with Gasteiger partial charge in [0.15, 0.2) is 0 Å². The minimum atomic E-state index is -2.83. The van der Waals surface area contributed by atoms with Crippen LogP contribution in [0.1, 0.15) is 40.0 Å². The van der Waals surface area contributed by atoms with Gasteiger partial charge in [0.25, 0.3) is 5.92 Å². The number of fused-ring (bicyclic) bond motifs is 1. The Hall–Kier alpha value is -2.58. The van der Waals surface area contributed by atoms with Crippen LogP contribution in [0, 0.1) is 5.92 Å². The first-order chi connectivity index (χ1) is 15.7. The van der Waals surface area contributed by atoms with E-state index < -0.39 is 11.8 Å². The molecule has 2 heterocycles. The van der Waals surface area contributed by atoms with Gasteiger partial charge in [0.05, 0.1) is 19.3 Å². The third kappa shape index (κ3) is 5.68. The molecule has 0 spiro atoms. The number of halogens is 3. The van der Waals surface area contributed by atoms with Crippen molar-refractivity contribution in [2.45, 2.75) is 25.3 Å². The number of alkyl halides is 3. The van der Waals surface area contributed by atoms with Gasteiger partial charge in [-0.1, -0.05) is 18.2 Å². The number of hydrogen-bond acceptors (Lipinski definition) is 4. The van der Waals surface area contributed by atoms with E-state index in [-0.39, 0.29) is 25.2 Å². The lowest BCUT2D eigenvalue weighted by molar-refractivity contribution is -0.0238. The lowest BCUT2D eigenvalue weighted by atomic mass is 9.86. The van der Waals surface area contributed by atoms with Gasteiger partial charge in [0, 0.05) is 44.6 Å². The first-order valence-corrected chi connectivity index (χ1v) is 11.3. The number of carbonyl (C=O) groups is 1. The van der Waals surface area contributed by atoms with Crippen LogP contribution in [0.2, 0.25) is 0 Å². The highest BCUT2D eigenvalue weighted by atomic mass is 19.3. The van der Waals surface area contributed by atoms with Crippen molar-refractivity contribution in [3.63, 3.8) is 0 Å². The van der Waals surface area contributed by atoms with E-state index in [9.17, 15) is 18.0 Å². The Kier molecular flexibility index (Phi) is 6.95. The van der Waals surface area contributed by atoms with Gasteiger partial charge in [-0.2, -0.15) is 0 Å². The molecule has 4 rings (SSSR count). The Bertz CT molecular complexity index is 972. The maximum Gasteiger partial charge on any atom is 0.257 e. The van der Waals surface area contributed by atoms with E-state index in [0.29, 0.717) is 30.9 Å². The van der Waals surface area contributed by atoms with Crippen LogP contribution in [0.4, 0.5) is 13.2 Å². The Balaban J connectivity index is 1.49. The molecule has 0 aliphatic carbocycles. The Morgan fingerprint density at radius 1 is 1.18 bits per heavy atom. The van der Waals surface area contributed by atoms with E-state index in [0.717, 1.165) is 43.2 Å². The molecule has 1 amide bonds. The first kappa shape index (κ1) is 23.6. The normalized spacial score (nSPS) is 19.7. The monoisotopic (exact) mass is 461 g/mol. The number of primary amides is 1. The van der Waals surface area contributed by atoms with Crippen molar-refractivity contribution in [1.82, 2.24) is 9.80 Å². The molecule has 8 heteroatoms. The maximum absolute atomic E-state index is 13.9. The van der Waals surface area contributed by atoms with Gasteiger partial charge in [-0.25, -0.2) is 8.78 Å². The molecule has 0 aromatic heterocycles. The summed E-state index contributed by atoms with van der Waals surface area (Å²) < 4.78 is 46.2. The Morgan fingerprint density at radius 3 is 2.55 bits per heavy atom. The first-order valence-electron chi connectivity index (χ1n) is 11.3. The molecular formula is C25H30F3N3O2. The summed E-state index contributed by atoms with van der Waals surface area (Å²) in [7, 11) is 0. The van der Waals surface area contributed by atoms with Gasteiger partial charge in [-0.3, -0.25) is 19.0 Å². The van der Waals surface area contributed by atoms with Gasteiger partial charge in [0.1, 0.15) is 12.4 Å². The zero-order valence-corrected chi connectivity index (χ0v) is 18.8. The van der Waals surface area contributed by atoms with Crippen LogP contribution in [0.25, 0.3) is 0 Å². The number of benzene rings is 2. The molecule has 2 aromatic carbocycles. The standard InChI is InChI=1S/C25H30F3N3O2/c1-25(27,28)16-31-9-8-19-12-20(24(29)32)4-7-22(19)23(31)18-2-5-21(6-3-18)33-11-10-30-14-17(13-26)15-30/h2-7,12,17,23H,8-11,13-16H2,1H3,(H2,29,32)/t23-/m1/s1. The van der Waals surface area contributed by atoms with Gasteiger partial charge in [-0.05, 0) is 47.4 Å². The molecule has 5 nitrogen and oxygen atoms in total. The summed E-state index contributed by atoms with van der Waals surface area (Å²) in [5.74, 6) is -2.48. The highest BCUT2D eigenvalue weighted by molar-refractivity contribution is 5.93. The van der Waals surface area contributed by atoms with E-state index in [1.165, 1.54) is 0 Å². The molecule has 0 radical (unpaired) electrons. The van der Waals surface area contributed by atoms with Crippen molar-refractivity contribution in [2.24, 2.45) is 11.7 Å². The van der Waals surface area contributed by atoms with Crippen molar-refractivity contribution in [3.8, 4) is 5.75 Å². The third-order valence-electron chi connectivity index (χ3n) is 6.36. The predicted octanol–water partition coefficient (Wildman–Crippen LogP) is 3.67. The molecule has 1 saturated heterocycles. The Labute approximate surface area is 192 Å². The fourth-order valence-electron chi connectivity index (χ4n) is 4.75. The molecule has 2 aromatic rings. The summed E-state index contributed by atoms with van der Waals surface area (Å²) in [6.45, 7) is 3.56. The number of carbonyl (C=O) groups excluding carboxylic acids is 1. The van der Waals surface area contributed by atoms with Crippen LogP contribution in [0.15, 0.2) is 42.5 Å². The second-order valence-electron chi connectivity index (χ2n) is 9.17. The number of likely N-dealkylation sites (tertiary alicyclic amines) is 1. The molecule has 33 heavy (non-hydrogen) atoms. The number of nitrogens with two attached hydrogens (primary N) is 1. The molecule has 2 N–H and O–H groups in total. The second-order valence-corrected chi connectivity index (χ2v) is 9.17. The van der Waals surface area contributed by atoms with Crippen molar-refractivity contribution < 1.29 is 22.7 Å². The van der Waals surface area contributed by atoms with Crippen molar-refractivity contribution >= 4 is 5.91 Å². The van der Waals surface area contributed by atoms with E-state index in [1.54, 1.807) is 17.0 Å². The fraction of sp³-hybridized carbons (Fsp3) is 0.480. The van der Waals surface area contributed by atoms with Gasteiger partial charge >= 0.3 is 0 Å². The molecule has 0 unspecified atom stereocenters. The summed E-state index contributed by atoms with van der Waals surface area (Å²) >= 11 is 0. The number of ether oxygens (including phenoxy) is 1. The minimum Gasteiger partial charge on any atom is -0.492 e. The van der Waals surface area contributed by atoms with Crippen LogP contribution in [-0.2, 0) is 6.42 Å². The molecule has 0 saturated carbocycles. The number of hydrogen-bond donors (Lipinski definition) is 1. The van der Waals surface area contributed by atoms with Crippen molar-refractivity contribution in [2.75, 3.05) is 46.0 Å². The second kappa shape index (κ2) is 9.73. The average Bonchev–Trinajstić information content (AvgIpc) is 2.74. The number of nitrogens with zero attached hydrogens (tertiary/aromatic N) is 2. The smallest absolute Gasteiger partial charge is 0.257 e. The molecule has 0 bridgehead atoms. The Morgan fingerprint density at radius 2 is 1.91 bits per heavy atom. The van der Waals surface area contributed by atoms with E-state index in [2.05, 4.69) is 4.90 Å². The largest absolute Gasteiger partial charge is 0.492 e. The van der Waals surface area contributed by atoms with E-state index in [1.807, 2.05) is 30.3 Å². The average molecular weight is 462 g/mol. The van der Waals surface area contributed by atoms with Crippen LogP contribution in [0.5, 0.6) is 5.75 Å². The third-order valence-corrected chi connectivity index (χ3v) is 6.36. The van der Waals surface area contributed by atoms with Gasteiger partial charge in [-0.15, -0.1) is 0 Å². The number of amides is 1. The van der Waals surface area contributed by atoms with Gasteiger partial charge in [0.2, 0.25) is 5.91 Å². The van der Waals surface area contributed by atoms with Crippen molar-refractivity contribution in [1.29, 1.82) is 0 Å². The fourth-order valence-corrected chi connectivity index (χ4v) is 4.75. The van der Waals surface area contributed by atoms with Crippen molar-refractivity contribution in [3.05, 3.63) is 64.7 Å². The van der Waals surface area contributed by atoms with Crippen LogP contribution in [0.3, 0.4) is 0 Å². The highest BCUT2D eigenvalue weighted by Gasteiger charge is 2.35. The van der Waals surface area contributed by atoms with E-state index in [4.69, 9.17) is 10.5 Å². The van der Waals surface area contributed by atoms with E-state index >= 15 is 0 Å². The lowest BCUT2D eigenvalue weighted by Crippen LogP contribution is -2.49. The van der Waals surface area contributed by atoms with Crippen LogP contribution >= 0.6 is 0 Å². The van der Waals surface area contributed by atoms with Gasteiger partial charge < -0.3 is 10.5 Å². The molecule has 1 atom stereocenters. The highest BCUT2D eigenvalue weighted by Crippen LogP contribution is 2.37. The SMILES string of the molecule is CC(F)(F)CN1CCc2cc(C(N)=O)ccc2[C@H]1c1ccc(OCCN2CC(CF)C2)cc1. The summed E-state index contributed by atoms with van der Waals surface area (Å²) in [6, 6.07) is 12.4. The summed E-state index contributed by atoms with van der Waals surface area (Å²) in [6.07, 6.45) is 0.573. The molecule has 2 aliphatic rings. The quantitative estimate of drug-likeness (QED) is 0.619. The lowest BCUT2D eigenvalue weighted by Gasteiger charge is -2.39. The maximum atomic E-state index is 13.9. The summed E-state index contributed by atoms with van der Waals surface area (Å²) in [5.41, 5.74) is 8.59. The predicted molar refractivity (Wildman–Crippen MR) is 121 cm³/mol. The molecular weight excluding hydrogens is 431 g/mol. The summed E-state index contributed by atoms with van der Waals surface area (Å²) in [4.78, 5) is 15.5. The number of rotatable bonds is 9. The molecule has 178 valence electrons. The van der Waals surface area contributed by atoms with Crippen LogP contribution < -0.4 is 10.5 Å². The minimum absolute atomic E-state index is 0.153. The summed E-state index contributed by atoms with van der Waals surface area (Å²) in [5, 5.41) is 0. The molecule has 2 aliphatic heterocycles. The zero-order valence-electron chi connectivity index (χ0n) is 18.8. The zero-order chi connectivity index (χ0) is 23.6. The topological polar surface area (TPSA) is 58.8 Å². The molecule has 1 fully saturated rings.